The quantitative estimate of drug-likeness (QED) is 0.118. The molecule has 0 atom stereocenters. The van der Waals surface area contributed by atoms with E-state index in [9.17, 15) is 9.59 Å². The zero-order chi connectivity index (χ0) is 26.8. The second-order valence-corrected chi connectivity index (χ2v) is 7.82. The van der Waals surface area contributed by atoms with Crippen LogP contribution in [0.15, 0.2) is 66.7 Å². The van der Waals surface area contributed by atoms with Crippen molar-refractivity contribution in [2.24, 2.45) is 5.84 Å². The van der Waals surface area contributed by atoms with Crippen LogP contribution in [0, 0.1) is 0 Å². The molecule has 0 aliphatic heterocycles. The number of hydrogen-bond donors (Lipinski definition) is 3. The average molecular weight is 507 g/mol. The van der Waals surface area contributed by atoms with E-state index in [0.717, 1.165) is 10.6 Å². The average Bonchev–Trinajstić information content (AvgIpc) is 2.91. The van der Waals surface area contributed by atoms with Gasteiger partial charge in [-0.05, 0) is 53.6 Å². The molecule has 0 unspecified atom stereocenters. The van der Waals surface area contributed by atoms with E-state index in [0.29, 0.717) is 39.9 Å². The SMILES string of the molecule is COc1cc(CN(N)C(=O)COc2ccc(/C=C/C(=O)Nc3ccccc3N)cc2)cc(OC)c1OC. The van der Waals surface area contributed by atoms with Gasteiger partial charge in [0.25, 0.3) is 5.91 Å². The lowest BCUT2D eigenvalue weighted by Crippen LogP contribution is -2.39. The van der Waals surface area contributed by atoms with Gasteiger partial charge in [0.15, 0.2) is 18.1 Å². The van der Waals surface area contributed by atoms with E-state index in [2.05, 4.69) is 5.32 Å². The lowest BCUT2D eigenvalue weighted by molar-refractivity contribution is -0.134. The van der Waals surface area contributed by atoms with Crippen LogP contribution in [-0.2, 0) is 16.1 Å². The molecule has 10 heteroatoms. The highest BCUT2D eigenvalue weighted by molar-refractivity contribution is 6.03. The van der Waals surface area contributed by atoms with Gasteiger partial charge in [0, 0.05) is 6.08 Å². The summed E-state index contributed by atoms with van der Waals surface area (Å²) in [6, 6.07) is 17.4. The van der Waals surface area contributed by atoms with Crippen LogP contribution < -0.4 is 35.8 Å². The Labute approximate surface area is 215 Å². The van der Waals surface area contributed by atoms with E-state index in [1.165, 1.54) is 27.4 Å². The summed E-state index contributed by atoms with van der Waals surface area (Å²) in [5.41, 5.74) is 8.33. The summed E-state index contributed by atoms with van der Waals surface area (Å²) in [6.07, 6.45) is 3.06. The van der Waals surface area contributed by atoms with Crippen LogP contribution >= 0.6 is 0 Å². The molecule has 10 nitrogen and oxygen atoms in total. The van der Waals surface area contributed by atoms with Crippen LogP contribution in [0.4, 0.5) is 11.4 Å². The number of nitrogens with zero attached hydrogens (tertiary/aromatic N) is 1. The Morgan fingerprint density at radius 3 is 2.19 bits per heavy atom. The van der Waals surface area contributed by atoms with E-state index in [4.69, 9.17) is 30.5 Å². The maximum absolute atomic E-state index is 12.5. The van der Waals surface area contributed by atoms with Crippen molar-refractivity contribution in [3.63, 3.8) is 0 Å². The van der Waals surface area contributed by atoms with Crippen molar-refractivity contribution in [3.8, 4) is 23.0 Å². The zero-order valence-electron chi connectivity index (χ0n) is 20.9. The predicted molar refractivity (Wildman–Crippen MR) is 141 cm³/mol. The Kier molecular flexibility index (Phi) is 9.34. The molecular formula is C27H30N4O6. The number of hydrogen-bond acceptors (Lipinski definition) is 8. The molecule has 0 saturated heterocycles. The van der Waals surface area contributed by atoms with Crippen molar-refractivity contribution in [3.05, 3.63) is 77.9 Å². The van der Waals surface area contributed by atoms with Gasteiger partial charge in [-0.25, -0.2) is 5.84 Å². The van der Waals surface area contributed by atoms with Crippen molar-refractivity contribution in [1.82, 2.24) is 5.01 Å². The van der Waals surface area contributed by atoms with Gasteiger partial charge in [-0.1, -0.05) is 24.3 Å². The second-order valence-electron chi connectivity index (χ2n) is 7.82. The number of anilines is 2. The monoisotopic (exact) mass is 506 g/mol. The number of nitrogens with one attached hydrogen (secondary N) is 1. The molecule has 194 valence electrons. The fourth-order valence-corrected chi connectivity index (χ4v) is 3.37. The van der Waals surface area contributed by atoms with Gasteiger partial charge >= 0.3 is 0 Å². The van der Waals surface area contributed by atoms with Crippen molar-refractivity contribution < 1.29 is 28.5 Å². The molecule has 0 fully saturated rings. The Morgan fingerprint density at radius 2 is 1.59 bits per heavy atom. The van der Waals surface area contributed by atoms with Gasteiger partial charge in [-0.3, -0.25) is 14.6 Å². The van der Waals surface area contributed by atoms with Crippen molar-refractivity contribution in [2.45, 2.75) is 6.54 Å². The van der Waals surface area contributed by atoms with Crippen LogP contribution in [-0.4, -0.2) is 44.8 Å². The smallest absolute Gasteiger partial charge is 0.274 e. The first-order chi connectivity index (χ1) is 17.8. The van der Waals surface area contributed by atoms with Crippen LogP contribution in [0.25, 0.3) is 6.08 Å². The number of nitrogen functional groups attached to an aromatic ring is 1. The maximum Gasteiger partial charge on any atom is 0.274 e. The standard InChI is InChI=1S/C27H30N4O6/c1-34-23-14-19(15-24(35-2)27(23)36-3)16-31(29)26(33)17-37-20-11-8-18(9-12-20)10-13-25(32)30-22-7-5-4-6-21(22)28/h4-15H,16-17,28-29H2,1-3H3,(H,30,32)/b13-10+. The topological polar surface area (TPSA) is 138 Å². The minimum absolute atomic E-state index is 0.110. The normalized spacial score (nSPS) is 10.6. The first-order valence-corrected chi connectivity index (χ1v) is 11.2. The van der Waals surface area contributed by atoms with Gasteiger partial charge in [-0.2, -0.15) is 0 Å². The number of carbonyl (C=O) groups excluding carboxylic acids is 2. The molecule has 0 aliphatic carbocycles. The highest BCUT2D eigenvalue weighted by atomic mass is 16.5. The highest BCUT2D eigenvalue weighted by Gasteiger charge is 2.17. The summed E-state index contributed by atoms with van der Waals surface area (Å²) in [5, 5.41) is 3.77. The van der Waals surface area contributed by atoms with Gasteiger partial charge in [0.1, 0.15) is 5.75 Å². The number of amides is 2. The molecule has 37 heavy (non-hydrogen) atoms. The summed E-state index contributed by atoms with van der Waals surface area (Å²) in [4.78, 5) is 24.6. The second kappa shape index (κ2) is 12.8. The molecule has 5 N–H and O–H groups in total. The van der Waals surface area contributed by atoms with E-state index in [1.54, 1.807) is 66.7 Å². The number of methoxy groups -OCH3 is 3. The van der Waals surface area contributed by atoms with Crippen LogP contribution in [0.5, 0.6) is 23.0 Å². The van der Waals surface area contributed by atoms with Crippen molar-refractivity contribution >= 4 is 29.3 Å². The third-order valence-corrected chi connectivity index (χ3v) is 5.29. The molecule has 3 aromatic rings. The molecule has 0 radical (unpaired) electrons. The molecule has 0 spiro atoms. The molecular weight excluding hydrogens is 476 g/mol. The summed E-state index contributed by atoms with van der Waals surface area (Å²) in [7, 11) is 4.53. The maximum atomic E-state index is 12.5. The summed E-state index contributed by atoms with van der Waals surface area (Å²) in [6.45, 7) is -0.143. The van der Waals surface area contributed by atoms with Gasteiger partial charge in [0.05, 0.1) is 39.2 Å². The number of nitrogens with two attached hydrogens (primary N) is 2. The van der Waals surface area contributed by atoms with E-state index >= 15 is 0 Å². The largest absolute Gasteiger partial charge is 0.493 e. The van der Waals surface area contributed by atoms with Crippen LogP contribution in [0.2, 0.25) is 0 Å². The van der Waals surface area contributed by atoms with Gasteiger partial charge < -0.3 is 30.0 Å². The number of carbonyl (C=O) groups is 2. The minimum atomic E-state index is -0.422. The first-order valence-electron chi connectivity index (χ1n) is 11.2. The van der Waals surface area contributed by atoms with Crippen molar-refractivity contribution in [1.29, 1.82) is 0 Å². The zero-order valence-corrected chi connectivity index (χ0v) is 20.9. The van der Waals surface area contributed by atoms with Crippen LogP contribution in [0.1, 0.15) is 11.1 Å². The Balaban J connectivity index is 1.52. The summed E-state index contributed by atoms with van der Waals surface area (Å²) in [5.74, 6) is 7.09. The lowest BCUT2D eigenvalue weighted by Gasteiger charge is -2.19. The Bertz CT molecular complexity index is 1240. The lowest BCUT2D eigenvalue weighted by atomic mass is 10.1. The number of ether oxygens (including phenoxy) is 4. The van der Waals surface area contributed by atoms with Gasteiger partial charge in [0.2, 0.25) is 11.7 Å². The molecule has 3 aromatic carbocycles. The van der Waals surface area contributed by atoms with Crippen molar-refractivity contribution in [2.75, 3.05) is 39.0 Å². The molecule has 3 rings (SSSR count). The molecule has 0 bridgehead atoms. The van der Waals surface area contributed by atoms with Gasteiger partial charge in [-0.15, -0.1) is 0 Å². The summed E-state index contributed by atoms with van der Waals surface area (Å²) < 4.78 is 21.5. The van der Waals surface area contributed by atoms with E-state index in [1.807, 2.05) is 0 Å². The number of benzene rings is 3. The number of rotatable bonds is 11. The first kappa shape index (κ1) is 26.9. The third kappa shape index (κ3) is 7.39. The molecule has 0 heterocycles. The molecule has 0 saturated carbocycles. The Hall–Kier alpha value is -4.70. The Morgan fingerprint density at radius 1 is 0.946 bits per heavy atom. The summed E-state index contributed by atoms with van der Waals surface area (Å²) >= 11 is 0. The number of hydrazine groups is 1. The third-order valence-electron chi connectivity index (χ3n) is 5.29. The minimum Gasteiger partial charge on any atom is -0.493 e. The van der Waals surface area contributed by atoms with E-state index in [-0.39, 0.29) is 19.1 Å². The number of para-hydroxylation sites is 2. The fraction of sp³-hybridized carbons (Fsp3) is 0.185. The molecule has 2 amide bonds. The van der Waals surface area contributed by atoms with Crippen LogP contribution in [0.3, 0.4) is 0 Å². The highest BCUT2D eigenvalue weighted by Crippen LogP contribution is 2.38. The fourth-order valence-electron chi connectivity index (χ4n) is 3.37. The molecule has 0 aromatic heterocycles. The predicted octanol–water partition coefficient (Wildman–Crippen LogP) is 3.23. The van der Waals surface area contributed by atoms with E-state index < -0.39 is 5.91 Å². The molecule has 0 aliphatic rings.